The standard InChI is InChI=1S/C13H12N2O3/c1-2-13(14,12(17)18)6-8-7-15-11-4-3-9(16)5-10(8)11/h1,3-5,7,15-16H,6,14H2,(H,17,18). The number of benzene rings is 1. The third-order valence-electron chi connectivity index (χ3n) is 2.86. The number of aromatic amines is 1. The molecule has 0 aliphatic carbocycles. The maximum absolute atomic E-state index is 11.1. The summed E-state index contributed by atoms with van der Waals surface area (Å²) in [4.78, 5) is 14.0. The molecule has 2 aromatic rings. The minimum atomic E-state index is -1.75. The zero-order valence-corrected chi connectivity index (χ0v) is 9.47. The molecular formula is C13H12N2O3. The van der Waals surface area contributed by atoms with E-state index in [1.54, 1.807) is 18.3 Å². The molecule has 92 valence electrons. The van der Waals surface area contributed by atoms with Crippen molar-refractivity contribution in [2.45, 2.75) is 12.0 Å². The van der Waals surface area contributed by atoms with Gasteiger partial charge in [0, 0.05) is 23.5 Å². The summed E-state index contributed by atoms with van der Waals surface area (Å²) in [6, 6.07) is 4.78. The lowest BCUT2D eigenvalue weighted by Crippen LogP contribution is -2.48. The van der Waals surface area contributed by atoms with E-state index in [9.17, 15) is 9.90 Å². The highest BCUT2D eigenvalue weighted by Crippen LogP contribution is 2.25. The number of phenols is 1. The minimum absolute atomic E-state index is 0.0116. The molecule has 0 saturated heterocycles. The number of phenolic OH excluding ortho intramolecular Hbond substituents is 1. The van der Waals surface area contributed by atoms with Gasteiger partial charge in [0.15, 0.2) is 5.54 Å². The van der Waals surface area contributed by atoms with Crippen molar-refractivity contribution in [3.05, 3.63) is 30.0 Å². The number of carboxylic acid groups (broad SMARTS) is 1. The van der Waals surface area contributed by atoms with Crippen LogP contribution >= 0.6 is 0 Å². The molecule has 5 heteroatoms. The van der Waals surface area contributed by atoms with Crippen molar-refractivity contribution >= 4 is 16.9 Å². The van der Waals surface area contributed by atoms with Gasteiger partial charge in [-0.1, -0.05) is 5.92 Å². The average Bonchev–Trinajstić information content (AvgIpc) is 2.71. The number of aromatic hydroxyl groups is 1. The zero-order chi connectivity index (χ0) is 13.3. The van der Waals surface area contributed by atoms with E-state index in [1.807, 2.05) is 0 Å². The number of hydrogen-bond acceptors (Lipinski definition) is 3. The zero-order valence-electron chi connectivity index (χ0n) is 9.47. The smallest absolute Gasteiger partial charge is 0.336 e. The first-order chi connectivity index (χ1) is 8.46. The third-order valence-corrected chi connectivity index (χ3v) is 2.86. The maximum Gasteiger partial charge on any atom is 0.336 e. The largest absolute Gasteiger partial charge is 0.508 e. The van der Waals surface area contributed by atoms with E-state index >= 15 is 0 Å². The first-order valence-electron chi connectivity index (χ1n) is 5.25. The Balaban J connectivity index is 2.47. The van der Waals surface area contributed by atoms with Crippen LogP contribution in [0.25, 0.3) is 10.9 Å². The molecule has 1 atom stereocenters. The first kappa shape index (κ1) is 12.0. The van der Waals surface area contributed by atoms with E-state index in [2.05, 4.69) is 10.9 Å². The number of fused-ring (bicyclic) bond motifs is 1. The molecule has 1 heterocycles. The van der Waals surface area contributed by atoms with Gasteiger partial charge in [-0.2, -0.15) is 0 Å². The Labute approximate surface area is 103 Å². The average molecular weight is 244 g/mol. The maximum atomic E-state index is 11.1. The van der Waals surface area contributed by atoms with Crippen molar-refractivity contribution in [3.63, 3.8) is 0 Å². The van der Waals surface area contributed by atoms with E-state index in [0.29, 0.717) is 10.9 Å². The number of carboxylic acids is 1. The van der Waals surface area contributed by atoms with Gasteiger partial charge in [-0.15, -0.1) is 6.42 Å². The number of H-pyrrole nitrogens is 1. The predicted octanol–water partition coefficient (Wildman–Crippen LogP) is 0.831. The van der Waals surface area contributed by atoms with Gasteiger partial charge >= 0.3 is 5.97 Å². The SMILES string of the molecule is C#CC(N)(Cc1c[nH]c2ccc(O)cc12)C(=O)O. The van der Waals surface area contributed by atoms with Crippen LogP contribution in [0.2, 0.25) is 0 Å². The molecule has 0 amide bonds. The highest BCUT2D eigenvalue weighted by atomic mass is 16.4. The molecule has 0 fully saturated rings. The topological polar surface area (TPSA) is 99.3 Å². The summed E-state index contributed by atoms with van der Waals surface area (Å²) in [6.07, 6.45) is 6.82. The number of hydrogen-bond donors (Lipinski definition) is 4. The van der Waals surface area contributed by atoms with E-state index < -0.39 is 11.5 Å². The molecule has 0 radical (unpaired) electrons. The first-order valence-corrected chi connectivity index (χ1v) is 5.25. The number of aliphatic carboxylic acids is 1. The fourth-order valence-electron chi connectivity index (χ4n) is 1.80. The summed E-state index contributed by atoms with van der Waals surface area (Å²) >= 11 is 0. The summed E-state index contributed by atoms with van der Waals surface area (Å²) in [7, 11) is 0. The molecule has 0 saturated carbocycles. The van der Waals surface area contributed by atoms with Crippen LogP contribution in [-0.2, 0) is 11.2 Å². The van der Waals surface area contributed by atoms with E-state index in [0.717, 1.165) is 5.52 Å². The number of nitrogens with two attached hydrogens (primary N) is 1. The van der Waals surface area contributed by atoms with Crippen LogP contribution in [0.4, 0.5) is 0 Å². The Morgan fingerprint density at radius 1 is 1.56 bits per heavy atom. The Kier molecular flexibility index (Phi) is 2.73. The predicted molar refractivity (Wildman–Crippen MR) is 67.1 cm³/mol. The number of aromatic nitrogens is 1. The Morgan fingerprint density at radius 3 is 2.89 bits per heavy atom. The van der Waals surface area contributed by atoms with Gasteiger partial charge in [0.05, 0.1) is 0 Å². The van der Waals surface area contributed by atoms with Gasteiger partial charge in [0.2, 0.25) is 0 Å². The molecule has 0 bridgehead atoms. The molecule has 1 unspecified atom stereocenters. The normalized spacial score (nSPS) is 14.0. The summed E-state index contributed by atoms with van der Waals surface area (Å²) in [5, 5.41) is 19.2. The fourth-order valence-corrected chi connectivity index (χ4v) is 1.80. The summed E-state index contributed by atoms with van der Waals surface area (Å²) in [5.41, 5.74) is 5.34. The van der Waals surface area contributed by atoms with Crippen LogP contribution < -0.4 is 5.73 Å². The lowest BCUT2D eigenvalue weighted by Gasteiger charge is -2.17. The van der Waals surface area contributed by atoms with E-state index in [1.165, 1.54) is 6.07 Å². The van der Waals surface area contributed by atoms with Gasteiger partial charge in [0.25, 0.3) is 0 Å². The number of carbonyl (C=O) groups is 1. The van der Waals surface area contributed by atoms with Crippen molar-refractivity contribution in [1.82, 2.24) is 4.98 Å². The van der Waals surface area contributed by atoms with Crippen molar-refractivity contribution in [2.75, 3.05) is 0 Å². The van der Waals surface area contributed by atoms with Gasteiger partial charge < -0.3 is 20.9 Å². The highest BCUT2D eigenvalue weighted by molar-refractivity contribution is 5.88. The van der Waals surface area contributed by atoms with Crippen molar-refractivity contribution in [1.29, 1.82) is 0 Å². The van der Waals surface area contributed by atoms with Crippen molar-refractivity contribution in [3.8, 4) is 18.1 Å². The molecule has 1 aromatic carbocycles. The van der Waals surface area contributed by atoms with Gasteiger partial charge in [-0.05, 0) is 23.8 Å². The number of rotatable bonds is 3. The third kappa shape index (κ3) is 1.90. The number of nitrogens with one attached hydrogen (secondary N) is 1. The van der Waals surface area contributed by atoms with Gasteiger partial charge in [0.1, 0.15) is 5.75 Å². The quantitative estimate of drug-likeness (QED) is 0.601. The van der Waals surface area contributed by atoms with Gasteiger partial charge in [-0.3, -0.25) is 0 Å². The summed E-state index contributed by atoms with van der Waals surface area (Å²) in [6.45, 7) is 0. The lowest BCUT2D eigenvalue weighted by molar-refractivity contribution is -0.141. The summed E-state index contributed by atoms with van der Waals surface area (Å²) in [5.74, 6) is 0.946. The van der Waals surface area contributed by atoms with Crippen LogP contribution in [0.3, 0.4) is 0 Å². The molecule has 0 aliphatic rings. The van der Waals surface area contributed by atoms with Crippen LogP contribution in [0.5, 0.6) is 5.75 Å². The highest BCUT2D eigenvalue weighted by Gasteiger charge is 2.32. The van der Waals surface area contributed by atoms with Crippen LogP contribution in [0, 0.1) is 12.3 Å². The molecule has 18 heavy (non-hydrogen) atoms. The van der Waals surface area contributed by atoms with Crippen molar-refractivity contribution in [2.24, 2.45) is 5.73 Å². The molecular weight excluding hydrogens is 232 g/mol. The Morgan fingerprint density at radius 2 is 2.28 bits per heavy atom. The number of terminal acetylenes is 1. The second kappa shape index (κ2) is 4.09. The molecule has 2 rings (SSSR count). The van der Waals surface area contributed by atoms with Gasteiger partial charge in [-0.25, -0.2) is 4.79 Å². The van der Waals surface area contributed by atoms with E-state index in [4.69, 9.17) is 17.3 Å². The molecule has 1 aromatic heterocycles. The Hall–Kier alpha value is -2.45. The van der Waals surface area contributed by atoms with Crippen LogP contribution in [0.1, 0.15) is 5.56 Å². The minimum Gasteiger partial charge on any atom is -0.508 e. The lowest BCUT2D eigenvalue weighted by atomic mass is 9.92. The van der Waals surface area contributed by atoms with Crippen LogP contribution in [0.15, 0.2) is 24.4 Å². The fraction of sp³-hybridized carbons (Fsp3) is 0.154. The van der Waals surface area contributed by atoms with Crippen molar-refractivity contribution < 1.29 is 15.0 Å². The molecule has 0 aliphatic heterocycles. The Bertz CT molecular complexity index is 654. The monoisotopic (exact) mass is 244 g/mol. The molecule has 5 N–H and O–H groups in total. The summed E-state index contributed by atoms with van der Waals surface area (Å²) < 4.78 is 0. The molecule has 0 spiro atoms. The van der Waals surface area contributed by atoms with Crippen LogP contribution in [-0.4, -0.2) is 26.7 Å². The second-order valence-electron chi connectivity index (χ2n) is 4.14. The van der Waals surface area contributed by atoms with E-state index in [-0.39, 0.29) is 12.2 Å². The molecule has 5 nitrogen and oxygen atoms in total. The second-order valence-corrected chi connectivity index (χ2v) is 4.14.